The van der Waals surface area contributed by atoms with Crippen LogP contribution in [0.15, 0.2) is 60.7 Å². The van der Waals surface area contributed by atoms with E-state index in [1.165, 1.54) is 0 Å². The number of rotatable bonds is 5. The van der Waals surface area contributed by atoms with Crippen LogP contribution in [0.5, 0.6) is 5.75 Å². The van der Waals surface area contributed by atoms with Crippen LogP contribution in [0.1, 0.15) is 30.9 Å². The van der Waals surface area contributed by atoms with Gasteiger partial charge in [-0.2, -0.15) is 0 Å². The van der Waals surface area contributed by atoms with Gasteiger partial charge in [0, 0.05) is 19.2 Å². The second kappa shape index (κ2) is 8.52. The summed E-state index contributed by atoms with van der Waals surface area (Å²) in [5.41, 5.74) is 2.11. The van der Waals surface area contributed by atoms with Crippen LogP contribution in [0.25, 0.3) is 6.08 Å². The number of nitrogens with zero attached hydrogens (tertiary/aromatic N) is 1. The molecule has 2 aromatic carbocycles. The molecule has 1 amide bonds. The molecule has 1 aliphatic rings. The van der Waals surface area contributed by atoms with Crippen molar-refractivity contribution in [2.24, 2.45) is 5.92 Å². The second-order valence-electron chi connectivity index (χ2n) is 6.69. The van der Waals surface area contributed by atoms with Crippen molar-refractivity contribution in [1.82, 2.24) is 4.90 Å². The molecule has 130 valence electrons. The van der Waals surface area contributed by atoms with Crippen LogP contribution in [0.3, 0.4) is 0 Å². The van der Waals surface area contributed by atoms with Crippen molar-refractivity contribution in [2.75, 3.05) is 13.1 Å². The summed E-state index contributed by atoms with van der Waals surface area (Å²) in [6.07, 6.45) is 5.74. The first-order valence-corrected chi connectivity index (χ1v) is 8.94. The minimum atomic E-state index is 0.0995. The van der Waals surface area contributed by atoms with E-state index in [9.17, 15) is 4.79 Å². The number of carbonyl (C=O) groups excluding carboxylic acids is 1. The Morgan fingerprint density at radius 1 is 1.12 bits per heavy atom. The van der Waals surface area contributed by atoms with Gasteiger partial charge < -0.3 is 9.64 Å². The van der Waals surface area contributed by atoms with Crippen LogP contribution in [0.4, 0.5) is 0 Å². The molecular weight excluding hydrogens is 310 g/mol. The Kier molecular flexibility index (Phi) is 5.89. The van der Waals surface area contributed by atoms with Gasteiger partial charge in [0.1, 0.15) is 12.4 Å². The number of carbonyl (C=O) groups is 1. The number of benzene rings is 2. The lowest BCUT2D eigenvalue weighted by Gasteiger charge is -2.29. The number of hydrogen-bond acceptors (Lipinski definition) is 2. The van der Waals surface area contributed by atoms with Crippen molar-refractivity contribution < 1.29 is 9.53 Å². The van der Waals surface area contributed by atoms with Crippen molar-refractivity contribution >= 4 is 12.0 Å². The van der Waals surface area contributed by atoms with Crippen LogP contribution in [0, 0.1) is 5.92 Å². The monoisotopic (exact) mass is 335 g/mol. The summed E-state index contributed by atoms with van der Waals surface area (Å²) in [7, 11) is 0. The van der Waals surface area contributed by atoms with E-state index in [0.29, 0.717) is 6.61 Å². The fourth-order valence-electron chi connectivity index (χ4n) is 2.95. The summed E-state index contributed by atoms with van der Waals surface area (Å²) in [4.78, 5) is 14.2. The smallest absolute Gasteiger partial charge is 0.246 e. The molecule has 2 aromatic rings. The Morgan fingerprint density at radius 3 is 2.64 bits per heavy atom. The zero-order chi connectivity index (χ0) is 17.5. The number of amides is 1. The SMILES string of the molecule is CC1CCN(C(=O)/C=C/c2cccc(OCc3ccccc3)c2)CC1. The lowest BCUT2D eigenvalue weighted by atomic mass is 9.99. The predicted octanol–water partition coefficient (Wildman–Crippen LogP) is 4.54. The van der Waals surface area contributed by atoms with Gasteiger partial charge in [-0.3, -0.25) is 4.79 Å². The summed E-state index contributed by atoms with van der Waals surface area (Å²) in [6.45, 7) is 4.52. The van der Waals surface area contributed by atoms with Gasteiger partial charge in [0.05, 0.1) is 0 Å². The summed E-state index contributed by atoms with van der Waals surface area (Å²) in [6, 6.07) is 17.9. The van der Waals surface area contributed by atoms with E-state index in [1.54, 1.807) is 6.08 Å². The zero-order valence-electron chi connectivity index (χ0n) is 14.7. The second-order valence-corrected chi connectivity index (χ2v) is 6.69. The van der Waals surface area contributed by atoms with Crippen molar-refractivity contribution in [1.29, 1.82) is 0 Å². The van der Waals surface area contributed by atoms with E-state index in [-0.39, 0.29) is 5.91 Å². The highest BCUT2D eigenvalue weighted by atomic mass is 16.5. The maximum absolute atomic E-state index is 12.3. The van der Waals surface area contributed by atoms with E-state index in [1.807, 2.05) is 65.6 Å². The fourth-order valence-corrected chi connectivity index (χ4v) is 2.95. The molecule has 3 heteroatoms. The van der Waals surface area contributed by atoms with Crippen molar-refractivity contribution in [3.05, 3.63) is 71.8 Å². The first-order chi connectivity index (χ1) is 12.2. The highest BCUT2D eigenvalue weighted by Crippen LogP contribution is 2.18. The van der Waals surface area contributed by atoms with E-state index in [0.717, 1.165) is 48.7 Å². The fraction of sp³-hybridized carbons (Fsp3) is 0.318. The van der Waals surface area contributed by atoms with Gasteiger partial charge in [-0.25, -0.2) is 0 Å². The number of ether oxygens (including phenoxy) is 1. The summed E-state index contributed by atoms with van der Waals surface area (Å²) in [5, 5.41) is 0. The molecule has 1 heterocycles. The molecule has 0 unspecified atom stereocenters. The molecule has 0 aliphatic carbocycles. The molecule has 0 radical (unpaired) electrons. The van der Waals surface area contributed by atoms with Gasteiger partial charge >= 0.3 is 0 Å². The Hall–Kier alpha value is -2.55. The lowest BCUT2D eigenvalue weighted by Crippen LogP contribution is -2.36. The summed E-state index contributed by atoms with van der Waals surface area (Å²) < 4.78 is 5.84. The van der Waals surface area contributed by atoms with E-state index in [2.05, 4.69) is 6.92 Å². The third kappa shape index (κ3) is 5.21. The number of likely N-dealkylation sites (tertiary alicyclic amines) is 1. The molecule has 0 bridgehead atoms. The van der Waals surface area contributed by atoms with Gasteiger partial charge in [0.2, 0.25) is 5.91 Å². The molecule has 3 rings (SSSR count). The van der Waals surface area contributed by atoms with Crippen LogP contribution in [-0.2, 0) is 11.4 Å². The third-order valence-electron chi connectivity index (χ3n) is 4.62. The normalized spacial score (nSPS) is 15.5. The molecule has 25 heavy (non-hydrogen) atoms. The van der Waals surface area contributed by atoms with Crippen LogP contribution in [0.2, 0.25) is 0 Å². The largest absolute Gasteiger partial charge is 0.489 e. The Balaban J connectivity index is 1.56. The maximum Gasteiger partial charge on any atom is 0.246 e. The molecule has 0 spiro atoms. The lowest BCUT2D eigenvalue weighted by molar-refractivity contribution is -0.127. The van der Waals surface area contributed by atoms with Gasteiger partial charge in [-0.05, 0) is 48.1 Å². The van der Waals surface area contributed by atoms with Gasteiger partial charge in [-0.1, -0.05) is 49.4 Å². The van der Waals surface area contributed by atoms with Gasteiger partial charge in [0.15, 0.2) is 0 Å². The molecule has 1 fully saturated rings. The molecule has 3 nitrogen and oxygen atoms in total. The average Bonchev–Trinajstić information content (AvgIpc) is 2.66. The van der Waals surface area contributed by atoms with Crippen LogP contribution in [-0.4, -0.2) is 23.9 Å². The molecule has 0 N–H and O–H groups in total. The number of piperidine rings is 1. The maximum atomic E-state index is 12.3. The standard InChI is InChI=1S/C22H25NO2/c1-18-12-14-23(15-13-18)22(24)11-10-19-8-5-9-21(16-19)25-17-20-6-3-2-4-7-20/h2-11,16,18H,12-15,17H2,1H3/b11-10+. The van der Waals surface area contributed by atoms with Crippen LogP contribution >= 0.6 is 0 Å². The van der Waals surface area contributed by atoms with E-state index >= 15 is 0 Å². The van der Waals surface area contributed by atoms with E-state index in [4.69, 9.17) is 4.74 Å². The molecule has 0 aromatic heterocycles. The predicted molar refractivity (Wildman–Crippen MR) is 101 cm³/mol. The van der Waals surface area contributed by atoms with Crippen molar-refractivity contribution in [3.63, 3.8) is 0 Å². The summed E-state index contributed by atoms with van der Waals surface area (Å²) >= 11 is 0. The Labute approximate surface area is 149 Å². The zero-order valence-corrected chi connectivity index (χ0v) is 14.7. The Morgan fingerprint density at radius 2 is 1.88 bits per heavy atom. The summed E-state index contributed by atoms with van der Waals surface area (Å²) in [5.74, 6) is 1.64. The van der Waals surface area contributed by atoms with Crippen molar-refractivity contribution in [3.8, 4) is 5.75 Å². The highest BCUT2D eigenvalue weighted by Gasteiger charge is 2.18. The molecular formula is C22H25NO2. The van der Waals surface area contributed by atoms with Crippen LogP contribution < -0.4 is 4.74 Å². The minimum absolute atomic E-state index is 0.0995. The Bertz CT molecular complexity index is 716. The first kappa shape index (κ1) is 17.3. The highest BCUT2D eigenvalue weighted by molar-refractivity contribution is 5.91. The molecule has 0 saturated carbocycles. The van der Waals surface area contributed by atoms with Gasteiger partial charge in [-0.15, -0.1) is 0 Å². The average molecular weight is 335 g/mol. The molecule has 1 aliphatic heterocycles. The minimum Gasteiger partial charge on any atom is -0.489 e. The first-order valence-electron chi connectivity index (χ1n) is 8.94. The molecule has 1 saturated heterocycles. The quantitative estimate of drug-likeness (QED) is 0.751. The topological polar surface area (TPSA) is 29.5 Å². The molecule has 0 atom stereocenters. The van der Waals surface area contributed by atoms with Gasteiger partial charge in [0.25, 0.3) is 0 Å². The third-order valence-corrected chi connectivity index (χ3v) is 4.62. The van der Waals surface area contributed by atoms with Crippen molar-refractivity contribution in [2.45, 2.75) is 26.4 Å². The number of hydrogen-bond donors (Lipinski definition) is 0. The van der Waals surface area contributed by atoms with E-state index < -0.39 is 0 Å².